The van der Waals surface area contributed by atoms with Crippen LogP contribution in [0.1, 0.15) is 83.1 Å². The van der Waals surface area contributed by atoms with Crippen LogP contribution in [0.15, 0.2) is 24.3 Å². The fourth-order valence-corrected chi connectivity index (χ4v) is 2.92. The Morgan fingerprint density at radius 3 is 1.70 bits per heavy atom. The molecule has 23 heavy (non-hydrogen) atoms. The number of unbranched alkanes of at least 4 members (excludes halogenated alkanes) is 10. The Kier molecular flexibility index (Phi) is 12.9. The lowest BCUT2D eigenvalue weighted by molar-refractivity contribution is 0.143. The van der Waals surface area contributed by atoms with Gasteiger partial charge in [0.25, 0.3) is 0 Å². The molecule has 0 heterocycles. The van der Waals surface area contributed by atoms with Crippen LogP contribution in [0.25, 0.3) is 0 Å². The van der Waals surface area contributed by atoms with E-state index in [4.69, 9.17) is 4.74 Å². The average molecular weight is 323 g/mol. The van der Waals surface area contributed by atoms with Crippen LogP contribution in [0.5, 0.6) is 0 Å². The lowest BCUT2D eigenvalue weighted by Crippen LogP contribution is -1.92. The third kappa shape index (κ3) is 12.2. The number of benzene rings is 1. The molecule has 0 aromatic heterocycles. The highest BCUT2D eigenvalue weighted by molar-refractivity contribution is 5.15. The number of halogens is 1. The van der Waals surface area contributed by atoms with Crippen molar-refractivity contribution in [1.82, 2.24) is 0 Å². The Balaban J connectivity index is 1.77. The van der Waals surface area contributed by atoms with Crippen molar-refractivity contribution < 1.29 is 9.13 Å². The zero-order valence-electron chi connectivity index (χ0n) is 15.0. The molecule has 1 aromatic carbocycles. The molecule has 0 aliphatic rings. The van der Waals surface area contributed by atoms with E-state index >= 15 is 0 Å². The number of rotatable bonds is 15. The van der Waals surface area contributed by atoms with Crippen molar-refractivity contribution in [3.05, 3.63) is 35.6 Å². The molecule has 132 valence electrons. The molecule has 0 aliphatic heterocycles. The highest BCUT2D eigenvalue weighted by Crippen LogP contribution is 2.13. The van der Waals surface area contributed by atoms with E-state index in [-0.39, 0.29) is 5.82 Å². The van der Waals surface area contributed by atoms with Gasteiger partial charge in [0.05, 0.1) is 0 Å². The summed E-state index contributed by atoms with van der Waals surface area (Å²) in [5.41, 5.74) is 1.26. The first-order chi connectivity index (χ1) is 11.3. The minimum Gasteiger partial charge on any atom is -0.382 e. The van der Waals surface area contributed by atoms with E-state index in [1.807, 2.05) is 12.1 Å². The van der Waals surface area contributed by atoms with Crippen LogP contribution in [0, 0.1) is 5.82 Å². The summed E-state index contributed by atoms with van der Waals surface area (Å²) in [6, 6.07) is 6.94. The Morgan fingerprint density at radius 1 is 0.696 bits per heavy atom. The van der Waals surface area contributed by atoms with Gasteiger partial charge >= 0.3 is 0 Å². The maximum absolute atomic E-state index is 12.8. The second-order valence-electron chi connectivity index (χ2n) is 6.46. The molecule has 0 amide bonds. The number of ether oxygens (including phenoxy) is 1. The Bertz CT molecular complexity index is 361. The largest absolute Gasteiger partial charge is 0.382 e. The summed E-state index contributed by atoms with van der Waals surface area (Å²) in [5, 5.41) is 0. The lowest BCUT2D eigenvalue weighted by Gasteiger charge is -2.04. The third-order valence-corrected chi connectivity index (χ3v) is 4.37. The van der Waals surface area contributed by atoms with Gasteiger partial charge in [-0.1, -0.05) is 69.9 Å². The van der Waals surface area contributed by atoms with Gasteiger partial charge < -0.3 is 4.74 Å². The van der Waals surface area contributed by atoms with Gasteiger partial charge in [-0.05, 0) is 43.9 Å². The molecule has 2 heteroatoms. The van der Waals surface area contributed by atoms with E-state index in [1.165, 1.54) is 76.2 Å². The van der Waals surface area contributed by atoms with Crippen molar-refractivity contribution >= 4 is 0 Å². The first kappa shape index (κ1) is 20.2. The maximum Gasteiger partial charge on any atom is 0.123 e. The van der Waals surface area contributed by atoms with Crippen molar-refractivity contribution in [2.24, 2.45) is 0 Å². The average Bonchev–Trinajstić information content (AvgIpc) is 2.57. The Labute approximate surface area is 142 Å². The molecule has 0 bridgehead atoms. The van der Waals surface area contributed by atoms with E-state index in [0.717, 1.165) is 19.6 Å². The number of hydrogen-bond donors (Lipinski definition) is 0. The van der Waals surface area contributed by atoms with E-state index in [0.29, 0.717) is 0 Å². The topological polar surface area (TPSA) is 9.23 Å². The van der Waals surface area contributed by atoms with E-state index in [2.05, 4.69) is 6.92 Å². The normalized spacial score (nSPS) is 11.0. The van der Waals surface area contributed by atoms with E-state index < -0.39 is 0 Å². The number of aryl methyl sites for hydroxylation is 1. The zero-order valence-corrected chi connectivity index (χ0v) is 15.0. The molecule has 1 aromatic rings. The van der Waals surface area contributed by atoms with Crippen LogP contribution in [-0.2, 0) is 11.2 Å². The SMILES string of the molecule is CCOCCCCCCCCCCCCCc1ccc(F)cc1. The molecule has 0 saturated heterocycles. The smallest absolute Gasteiger partial charge is 0.123 e. The monoisotopic (exact) mass is 322 g/mol. The van der Waals surface area contributed by atoms with Crippen molar-refractivity contribution in [1.29, 1.82) is 0 Å². The lowest BCUT2D eigenvalue weighted by atomic mass is 10.0. The Morgan fingerprint density at radius 2 is 1.17 bits per heavy atom. The molecule has 0 unspecified atom stereocenters. The highest BCUT2D eigenvalue weighted by atomic mass is 19.1. The first-order valence-corrected chi connectivity index (χ1v) is 9.65. The van der Waals surface area contributed by atoms with Gasteiger partial charge in [0.1, 0.15) is 5.82 Å². The van der Waals surface area contributed by atoms with Gasteiger partial charge in [-0.3, -0.25) is 0 Å². The molecule has 1 rings (SSSR count). The van der Waals surface area contributed by atoms with E-state index in [1.54, 1.807) is 12.1 Å². The molecule has 0 N–H and O–H groups in total. The predicted molar refractivity (Wildman–Crippen MR) is 97.4 cm³/mol. The third-order valence-electron chi connectivity index (χ3n) is 4.37. The summed E-state index contributed by atoms with van der Waals surface area (Å²) >= 11 is 0. The summed E-state index contributed by atoms with van der Waals surface area (Å²) in [7, 11) is 0. The highest BCUT2D eigenvalue weighted by Gasteiger charge is 1.96. The fourth-order valence-electron chi connectivity index (χ4n) is 2.92. The van der Waals surface area contributed by atoms with Gasteiger partial charge in [-0.2, -0.15) is 0 Å². The van der Waals surface area contributed by atoms with Crippen LogP contribution in [0.3, 0.4) is 0 Å². The van der Waals surface area contributed by atoms with Gasteiger partial charge in [-0.25, -0.2) is 4.39 Å². The van der Waals surface area contributed by atoms with Crippen molar-refractivity contribution in [3.8, 4) is 0 Å². The van der Waals surface area contributed by atoms with E-state index in [9.17, 15) is 4.39 Å². The quantitative estimate of drug-likeness (QED) is 0.327. The molecule has 0 atom stereocenters. The molecule has 0 aliphatic carbocycles. The number of hydrogen-bond acceptors (Lipinski definition) is 1. The molecule has 0 radical (unpaired) electrons. The summed E-state index contributed by atoms with van der Waals surface area (Å²) in [6.07, 6.45) is 15.8. The molecule has 0 saturated carbocycles. The van der Waals surface area contributed by atoms with Gasteiger partial charge in [0.15, 0.2) is 0 Å². The van der Waals surface area contributed by atoms with Gasteiger partial charge in [-0.15, -0.1) is 0 Å². The maximum atomic E-state index is 12.8. The minimum absolute atomic E-state index is 0.136. The van der Waals surface area contributed by atoms with Crippen LogP contribution >= 0.6 is 0 Å². The molecule has 0 spiro atoms. The first-order valence-electron chi connectivity index (χ1n) is 9.65. The predicted octanol–water partition coefficient (Wildman–Crippen LogP) is 6.70. The summed E-state index contributed by atoms with van der Waals surface area (Å²) < 4.78 is 18.1. The second kappa shape index (κ2) is 14.7. The van der Waals surface area contributed by atoms with Crippen LogP contribution in [0.2, 0.25) is 0 Å². The standard InChI is InChI=1S/C21H35FO/c1-2-23-19-13-11-9-7-5-3-4-6-8-10-12-14-20-15-17-21(22)18-16-20/h15-18H,2-14,19H2,1H3. The molecular formula is C21H35FO. The van der Waals surface area contributed by atoms with Crippen molar-refractivity contribution in [2.75, 3.05) is 13.2 Å². The summed E-state index contributed by atoms with van der Waals surface area (Å²) in [6.45, 7) is 3.85. The van der Waals surface area contributed by atoms with Crippen LogP contribution < -0.4 is 0 Å². The van der Waals surface area contributed by atoms with Crippen molar-refractivity contribution in [2.45, 2.75) is 84.0 Å². The van der Waals surface area contributed by atoms with Crippen LogP contribution in [0.4, 0.5) is 4.39 Å². The van der Waals surface area contributed by atoms with Crippen LogP contribution in [-0.4, -0.2) is 13.2 Å². The second-order valence-corrected chi connectivity index (χ2v) is 6.46. The van der Waals surface area contributed by atoms with Gasteiger partial charge in [0.2, 0.25) is 0 Å². The molecule has 1 nitrogen and oxygen atoms in total. The molecular weight excluding hydrogens is 287 g/mol. The zero-order chi connectivity index (χ0) is 16.6. The van der Waals surface area contributed by atoms with Gasteiger partial charge in [0, 0.05) is 13.2 Å². The summed E-state index contributed by atoms with van der Waals surface area (Å²) in [5.74, 6) is -0.136. The Hall–Kier alpha value is -0.890. The fraction of sp³-hybridized carbons (Fsp3) is 0.714. The molecule has 0 fully saturated rings. The van der Waals surface area contributed by atoms with Crippen molar-refractivity contribution in [3.63, 3.8) is 0 Å². The minimum atomic E-state index is -0.136. The summed E-state index contributed by atoms with van der Waals surface area (Å²) in [4.78, 5) is 0.